The van der Waals surface area contributed by atoms with E-state index in [4.69, 9.17) is 28.8 Å². The molecule has 3 aliphatic heterocycles. The molecule has 0 saturated carbocycles. The van der Waals surface area contributed by atoms with Crippen LogP contribution in [0.5, 0.6) is 11.5 Å². The monoisotopic (exact) mass is 419 g/mol. The summed E-state index contributed by atoms with van der Waals surface area (Å²) < 4.78 is 54.4. The molecule has 3 aliphatic rings. The van der Waals surface area contributed by atoms with Gasteiger partial charge in [-0.1, -0.05) is 6.07 Å². The second-order valence-electron chi connectivity index (χ2n) is 7.23. The van der Waals surface area contributed by atoms with Gasteiger partial charge in [0, 0.05) is 32.7 Å². The lowest BCUT2D eigenvalue weighted by Gasteiger charge is -2.23. The van der Waals surface area contributed by atoms with Crippen molar-refractivity contribution in [3.63, 3.8) is 0 Å². The van der Waals surface area contributed by atoms with Gasteiger partial charge in [0.15, 0.2) is 11.5 Å². The Hall–Kier alpha value is -2.04. The molecule has 0 amide bonds. The van der Waals surface area contributed by atoms with Crippen molar-refractivity contribution in [2.45, 2.75) is 44.2 Å². The first-order chi connectivity index (χ1) is 13.7. The van der Waals surface area contributed by atoms with E-state index < -0.39 is 12.1 Å². The molecule has 2 fully saturated rings. The van der Waals surface area contributed by atoms with Gasteiger partial charge >= 0.3 is 12.1 Å². The molecule has 0 radical (unpaired) electrons. The van der Waals surface area contributed by atoms with Crippen LogP contribution in [-0.4, -0.2) is 67.0 Å². The maximum atomic E-state index is 10.6. The molecule has 1 aromatic carbocycles. The summed E-state index contributed by atoms with van der Waals surface area (Å²) in [4.78, 5) is 11.4. The molecule has 0 unspecified atom stereocenters. The van der Waals surface area contributed by atoms with E-state index in [0.29, 0.717) is 6.79 Å². The number of carboxylic acids is 1. The number of likely N-dealkylation sites (tertiary alicyclic amines) is 1. The van der Waals surface area contributed by atoms with E-state index in [9.17, 15) is 13.2 Å². The first-order valence-electron chi connectivity index (χ1n) is 9.37. The zero-order valence-electron chi connectivity index (χ0n) is 16.0. The van der Waals surface area contributed by atoms with Crippen molar-refractivity contribution in [2.75, 3.05) is 33.1 Å². The lowest BCUT2D eigenvalue weighted by Crippen LogP contribution is -2.32. The summed E-state index contributed by atoms with van der Waals surface area (Å²) in [5, 5.41) is 7.12. The highest BCUT2D eigenvalue weighted by molar-refractivity contribution is 5.73. The molecular formula is C19H24F3NO6. The second-order valence-corrected chi connectivity index (χ2v) is 7.23. The van der Waals surface area contributed by atoms with Crippen molar-refractivity contribution in [2.24, 2.45) is 0 Å². The third kappa shape index (κ3) is 5.52. The lowest BCUT2D eigenvalue weighted by atomic mass is 9.98. The smallest absolute Gasteiger partial charge is 0.475 e. The summed E-state index contributed by atoms with van der Waals surface area (Å²) in [6, 6.07) is 6.21. The van der Waals surface area contributed by atoms with E-state index in [1.807, 2.05) is 13.0 Å². The average molecular weight is 419 g/mol. The number of nitrogens with zero attached hydrogens (tertiary/aromatic N) is 1. The van der Waals surface area contributed by atoms with Crippen molar-refractivity contribution in [1.29, 1.82) is 0 Å². The molecule has 0 bridgehead atoms. The van der Waals surface area contributed by atoms with Crippen molar-refractivity contribution >= 4 is 5.97 Å². The largest absolute Gasteiger partial charge is 0.490 e. The minimum absolute atomic E-state index is 0.0101. The van der Waals surface area contributed by atoms with Crippen LogP contribution in [0.1, 0.15) is 25.3 Å². The van der Waals surface area contributed by atoms with E-state index in [0.717, 1.165) is 57.2 Å². The number of ether oxygens (including phenoxy) is 4. The third-order valence-electron chi connectivity index (χ3n) is 5.06. The molecule has 162 valence electrons. The minimum atomic E-state index is -5.08. The topological polar surface area (TPSA) is 77.5 Å². The maximum absolute atomic E-state index is 10.6. The fraction of sp³-hybridized carbons (Fsp3) is 0.632. The molecule has 1 aromatic rings. The van der Waals surface area contributed by atoms with E-state index in [1.54, 1.807) is 0 Å². The van der Waals surface area contributed by atoms with Crippen LogP contribution in [0.2, 0.25) is 0 Å². The predicted octanol–water partition coefficient (Wildman–Crippen LogP) is 2.82. The van der Waals surface area contributed by atoms with Crippen LogP contribution in [0, 0.1) is 0 Å². The van der Waals surface area contributed by atoms with Gasteiger partial charge in [-0.2, -0.15) is 13.2 Å². The first kappa shape index (κ1) is 21.7. The Bertz CT molecular complexity index is 728. The average Bonchev–Trinajstić information content (AvgIpc) is 3.36. The summed E-state index contributed by atoms with van der Waals surface area (Å²) >= 11 is 0. The highest BCUT2D eigenvalue weighted by Crippen LogP contribution is 2.38. The van der Waals surface area contributed by atoms with Crippen LogP contribution in [0.25, 0.3) is 0 Å². The summed E-state index contributed by atoms with van der Waals surface area (Å²) in [6.45, 7) is 6.89. The Morgan fingerprint density at radius 3 is 2.76 bits per heavy atom. The van der Waals surface area contributed by atoms with E-state index in [2.05, 4.69) is 17.0 Å². The van der Waals surface area contributed by atoms with Crippen molar-refractivity contribution in [3.05, 3.63) is 23.8 Å². The standard InChI is InChI=1S/C17H23NO4.C2HF3O2/c1-2-19-14-8-17(22-10-14)5-6-18(11-17)9-13-3-4-15-16(7-13)21-12-20-15;3-2(4,5)1(6)7/h3-4,7,14H,2,5-6,8-12H2,1H3;(H,6,7)/t14-,17+;/m1./s1. The zero-order valence-corrected chi connectivity index (χ0v) is 16.0. The number of alkyl halides is 3. The Labute approximate surface area is 166 Å². The highest BCUT2D eigenvalue weighted by Gasteiger charge is 2.45. The number of carbonyl (C=O) groups is 1. The molecule has 7 nitrogen and oxygen atoms in total. The van der Waals surface area contributed by atoms with Gasteiger partial charge in [-0.25, -0.2) is 4.79 Å². The van der Waals surface area contributed by atoms with E-state index >= 15 is 0 Å². The lowest BCUT2D eigenvalue weighted by molar-refractivity contribution is -0.192. The Kier molecular flexibility index (Phi) is 6.55. The molecule has 3 heterocycles. The van der Waals surface area contributed by atoms with Crippen LogP contribution in [0.4, 0.5) is 13.2 Å². The van der Waals surface area contributed by atoms with Crippen molar-refractivity contribution in [3.8, 4) is 11.5 Å². The van der Waals surface area contributed by atoms with E-state index in [1.165, 1.54) is 5.56 Å². The summed E-state index contributed by atoms with van der Waals surface area (Å²) in [6.07, 6.45) is -2.69. The van der Waals surface area contributed by atoms with Crippen LogP contribution in [0.15, 0.2) is 18.2 Å². The maximum Gasteiger partial charge on any atom is 0.490 e. The fourth-order valence-corrected chi connectivity index (χ4v) is 3.79. The third-order valence-corrected chi connectivity index (χ3v) is 5.06. The second kappa shape index (κ2) is 8.76. The van der Waals surface area contributed by atoms with Gasteiger partial charge in [0.25, 0.3) is 0 Å². The summed E-state index contributed by atoms with van der Waals surface area (Å²) in [5.41, 5.74) is 1.27. The summed E-state index contributed by atoms with van der Waals surface area (Å²) in [7, 11) is 0. The van der Waals surface area contributed by atoms with Crippen molar-refractivity contribution < 1.29 is 42.0 Å². The van der Waals surface area contributed by atoms with Gasteiger partial charge in [-0.15, -0.1) is 0 Å². The van der Waals surface area contributed by atoms with Gasteiger partial charge in [0.1, 0.15) is 0 Å². The van der Waals surface area contributed by atoms with Gasteiger partial charge in [-0.05, 0) is 31.0 Å². The molecule has 1 spiro atoms. The SMILES string of the molecule is CCO[C@H]1CO[C@@]2(CCN(Cc3ccc4c(c3)OCO4)C2)C1.O=C(O)C(F)(F)F. The number of hydrogen-bond donors (Lipinski definition) is 1. The number of aliphatic carboxylic acids is 1. The normalized spacial score (nSPS) is 25.9. The number of rotatable bonds is 4. The molecule has 2 saturated heterocycles. The zero-order chi connectivity index (χ0) is 21.1. The van der Waals surface area contributed by atoms with Gasteiger partial charge in [-0.3, -0.25) is 4.90 Å². The number of halogens is 3. The fourth-order valence-electron chi connectivity index (χ4n) is 3.79. The first-order valence-corrected chi connectivity index (χ1v) is 9.37. The molecular weight excluding hydrogens is 395 g/mol. The Morgan fingerprint density at radius 2 is 2.07 bits per heavy atom. The molecule has 0 aromatic heterocycles. The van der Waals surface area contributed by atoms with Crippen molar-refractivity contribution in [1.82, 2.24) is 4.90 Å². The molecule has 10 heteroatoms. The molecule has 1 N–H and O–H groups in total. The minimum Gasteiger partial charge on any atom is -0.475 e. The molecule has 29 heavy (non-hydrogen) atoms. The quantitative estimate of drug-likeness (QED) is 0.804. The predicted molar refractivity (Wildman–Crippen MR) is 94.9 cm³/mol. The van der Waals surface area contributed by atoms with Crippen LogP contribution < -0.4 is 9.47 Å². The molecule has 4 rings (SSSR count). The number of carboxylic acid groups (broad SMARTS) is 1. The van der Waals surface area contributed by atoms with Crippen LogP contribution >= 0.6 is 0 Å². The highest BCUT2D eigenvalue weighted by atomic mass is 19.4. The van der Waals surface area contributed by atoms with Crippen LogP contribution in [0.3, 0.4) is 0 Å². The number of fused-ring (bicyclic) bond motifs is 1. The number of hydrogen-bond acceptors (Lipinski definition) is 6. The Balaban J connectivity index is 0.000000298. The number of benzene rings is 1. The molecule has 0 aliphatic carbocycles. The molecule has 2 atom stereocenters. The summed E-state index contributed by atoms with van der Waals surface area (Å²) in [5.74, 6) is -1.05. The van der Waals surface area contributed by atoms with Gasteiger partial charge in [0.05, 0.1) is 18.3 Å². The van der Waals surface area contributed by atoms with Crippen LogP contribution in [-0.2, 0) is 20.8 Å². The van der Waals surface area contributed by atoms with Gasteiger partial charge < -0.3 is 24.1 Å². The van der Waals surface area contributed by atoms with Gasteiger partial charge in [0.2, 0.25) is 6.79 Å². The van der Waals surface area contributed by atoms with E-state index in [-0.39, 0.29) is 11.7 Å². The Morgan fingerprint density at radius 1 is 1.34 bits per heavy atom.